The first kappa shape index (κ1) is 18.4. The van der Waals surface area contributed by atoms with E-state index < -0.39 is 11.5 Å². The van der Waals surface area contributed by atoms with Crippen LogP contribution in [-0.4, -0.2) is 56.8 Å². The largest absolute Gasteiger partial charge is 0.494 e. The van der Waals surface area contributed by atoms with E-state index in [-0.39, 0.29) is 5.56 Å². The van der Waals surface area contributed by atoms with Crippen molar-refractivity contribution in [2.24, 2.45) is 0 Å². The Bertz CT molecular complexity index is 811. The highest BCUT2D eigenvalue weighted by Crippen LogP contribution is 2.20. The topological polar surface area (TPSA) is 81.0 Å². The molecule has 2 aromatic rings. The van der Waals surface area contributed by atoms with Gasteiger partial charge in [-0.2, -0.15) is 0 Å². The van der Waals surface area contributed by atoms with E-state index in [9.17, 15) is 9.59 Å². The molecule has 0 spiro atoms. The average molecular weight is 360 g/mol. The fourth-order valence-electron chi connectivity index (χ4n) is 2.93. The molecule has 1 aliphatic heterocycles. The van der Waals surface area contributed by atoms with Gasteiger partial charge >= 0.3 is 5.63 Å². The van der Waals surface area contributed by atoms with Crippen LogP contribution in [0.25, 0.3) is 11.0 Å². The van der Waals surface area contributed by atoms with Crippen LogP contribution in [0.1, 0.15) is 23.7 Å². The van der Waals surface area contributed by atoms with E-state index in [0.717, 1.165) is 39.3 Å². The number of hydrogen-bond donors (Lipinski definition) is 1. The fourth-order valence-corrected chi connectivity index (χ4v) is 2.93. The number of carbonyl (C=O) groups excluding carboxylic acids is 1. The standard InChI is InChI=1S/C19H24N2O5/c1-2-25-15-5-4-14-12-16(19(23)26-17(14)13-15)18(22)20-6-3-7-21-8-10-24-11-9-21/h4-5,12-13H,2-3,6-11H2,1H3,(H,20,22). The van der Waals surface area contributed by atoms with Gasteiger partial charge in [0.2, 0.25) is 0 Å². The summed E-state index contributed by atoms with van der Waals surface area (Å²) < 4.78 is 16.0. The maximum absolute atomic E-state index is 12.3. The van der Waals surface area contributed by atoms with Gasteiger partial charge in [-0.3, -0.25) is 9.69 Å². The van der Waals surface area contributed by atoms with Crippen molar-refractivity contribution in [2.45, 2.75) is 13.3 Å². The van der Waals surface area contributed by atoms with Gasteiger partial charge in [0.05, 0.1) is 19.8 Å². The third kappa shape index (κ3) is 4.62. The van der Waals surface area contributed by atoms with Crippen LogP contribution in [0.5, 0.6) is 5.75 Å². The quantitative estimate of drug-likeness (QED) is 0.597. The Labute approximate surface area is 151 Å². The summed E-state index contributed by atoms with van der Waals surface area (Å²) in [4.78, 5) is 26.7. The van der Waals surface area contributed by atoms with Gasteiger partial charge in [-0.1, -0.05) is 0 Å². The molecule has 1 amide bonds. The van der Waals surface area contributed by atoms with Crippen molar-refractivity contribution in [3.8, 4) is 5.75 Å². The average Bonchev–Trinajstić information content (AvgIpc) is 2.65. The van der Waals surface area contributed by atoms with Crippen molar-refractivity contribution >= 4 is 16.9 Å². The minimum absolute atomic E-state index is 0.0213. The highest BCUT2D eigenvalue weighted by molar-refractivity contribution is 5.96. The zero-order chi connectivity index (χ0) is 18.4. The summed E-state index contributed by atoms with van der Waals surface area (Å²) in [6, 6.07) is 6.78. The van der Waals surface area contributed by atoms with E-state index in [1.165, 1.54) is 0 Å². The molecule has 0 bridgehead atoms. The van der Waals surface area contributed by atoms with Crippen LogP contribution in [0.3, 0.4) is 0 Å². The van der Waals surface area contributed by atoms with Gasteiger partial charge in [0, 0.05) is 31.1 Å². The van der Waals surface area contributed by atoms with Crippen molar-refractivity contribution in [3.63, 3.8) is 0 Å². The molecule has 1 N–H and O–H groups in total. The van der Waals surface area contributed by atoms with E-state index in [4.69, 9.17) is 13.9 Å². The number of fused-ring (bicyclic) bond motifs is 1. The number of nitrogens with one attached hydrogen (secondary N) is 1. The molecular weight excluding hydrogens is 336 g/mol. The summed E-state index contributed by atoms with van der Waals surface area (Å²) in [5.74, 6) is 0.222. The summed E-state index contributed by atoms with van der Waals surface area (Å²) in [6.07, 6.45) is 0.822. The summed E-state index contributed by atoms with van der Waals surface area (Å²) in [5.41, 5.74) is -0.213. The summed E-state index contributed by atoms with van der Waals surface area (Å²) in [6.45, 7) is 7.18. The van der Waals surface area contributed by atoms with Gasteiger partial charge < -0.3 is 19.2 Å². The molecular formula is C19H24N2O5. The first-order valence-electron chi connectivity index (χ1n) is 8.96. The highest BCUT2D eigenvalue weighted by atomic mass is 16.5. The number of hydrogen-bond acceptors (Lipinski definition) is 6. The predicted molar refractivity (Wildman–Crippen MR) is 97.9 cm³/mol. The Morgan fingerprint density at radius 1 is 1.27 bits per heavy atom. The van der Waals surface area contributed by atoms with Gasteiger partial charge in [-0.05, 0) is 38.1 Å². The first-order chi connectivity index (χ1) is 12.7. The van der Waals surface area contributed by atoms with E-state index in [1.807, 2.05) is 6.92 Å². The molecule has 1 aliphatic rings. The van der Waals surface area contributed by atoms with E-state index in [0.29, 0.717) is 29.9 Å². The smallest absolute Gasteiger partial charge is 0.349 e. The van der Waals surface area contributed by atoms with E-state index >= 15 is 0 Å². The lowest BCUT2D eigenvalue weighted by atomic mass is 10.1. The van der Waals surface area contributed by atoms with Gasteiger partial charge in [0.25, 0.3) is 5.91 Å². The first-order valence-corrected chi connectivity index (χ1v) is 8.96. The maximum Gasteiger partial charge on any atom is 0.349 e. The van der Waals surface area contributed by atoms with Crippen LogP contribution in [-0.2, 0) is 4.74 Å². The third-order valence-corrected chi connectivity index (χ3v) is 4.30. The van der Waals surface area contributed by atoms with Crippen molar-refractivity contribution in [1.29, 1.82) is 0 Å². The zero-order valence-corrected chi connectivity index (χ0v) is 15.0. The zero-order valence-electron chi connectivity index (χ0n) is 15.0. The number of carbonyl (C=O) groups is 1. The molecule has 0 aliphatic carbocycles. The Hall–Kier alpha value is -2.38. The molecule has 1 saturated heterocycles. The van der Waals surface area contributed by atoms with Crippen molar-refractivity contribution in [3.05, 3.63) is 40.2 Å². The highest BCUT2D eigenvalue weighted by Gasteiger charge is 2.14. The normalized spacial score (nSPS) is 15.1. The Kier molecular flexibility index (Phi) is 6.25. The van der Waals surface area contributed by atoms with Crippen LogP contribution >= 0.6 is 0 Å². The van der Waals surface area contributed by atoms with Gasteiger partial charge in [0.1, 0.15) is 16.9 Å². The molecule has 1 fully saturated rings. The van der Waals surface area contributed by atoms with Crippen LogP contribution in [0.4, 0.5) is 0 Å². The number of morpholine rings is 1. The van der Waals surface area contributed by atoms with Crippen molar-refractivity contribution < 1.29 is 18.7 Å². The third-order valence-electron chi connectivity index (χ3n) is 4.30. The van der Waals surface area contributed by atoms with Crippen LogP contribution in [0, 0.1) is 0 Å². The SMILES string of the molecule is CCOc1ccc2cc(C(=O)NCCCN3CCOCC3)c(=O)oc2c1. The second-order valence-electron chi connectivity index (χ2n) is 6.14. The molecule has 1 aromatic heterocycles. The predicted octanol–water partition coefficient (Wildman–Crippen LogP) is 1.64. The van der Waals surface area contributed by atoms with Crippen LogP contribution < -0.4 is 15.7 Å². The number of rotatable bonds is 7. The molecule has 7 nitrogen and oxygen atoms in total. The van der Waals surface area contributed by atoms with Crippen molar-refractivity contribution in [2.75, 3.05) is 46.0 Å². The second-order valence-corrected chi connectivity index (χ2v) is 6.14. The monoisotopic (exact) mass is 360 g/mol. The Morgan fingerprint density at radius 2 is 2.08 bits per heavy atom. The van der Waals surface area contributed by atoms with Crippen LogP contribution in [0.15, 0.2) is 33.5 Å². The minimum atomic E-state index is -0.642. The summed E-state index contributed by atoms with van der Waals surface area (Å²) in [5, 5.41) is 3.48. The van der Waals surface area contributed by atoms with Gasteiger partial charge in [-0.25, -0.2) is 4.79 Å². The Morgan fingerprint density at radius 3 is 2.85 bits per heavy atom. The van der Waals surface area contributed by atoms with E-state index in [1.54, 1.807) is 24.3 Å². The number of benzene rings is 1. The molecule has 1 aromatic carbocycles. The molecule has 0 unspecified atom stereocenters. The summed E-state index contributed by atoms with van der Waals surface area (Å²) >= 11 is 0. The maximum atomic E-state index is 12.3. The molecule has 0 saturated carbocycles. The van der Waals surface area contributed by atoms with Crippen molar-refractivity contribution in [1.82, 2.24) is 10.2 Å². The van der Waals surface area contributed by atoms with E-state index in [2.05, 4.69) is 10.2 Å². The van der Waals surface area contributed by atoms with Crippen LogP contribution in [0.2, 0.25) is 0 Å². The molecule has 0 atom stereocenters. The lowest BCUT2D eigenvalue weighted by Crippen LogP contribution is -2.38. The second kappa shape index (κ2) is 8.82. The number of nitrogens with zero attached hydrogens (tertiary/aromatic N) is 1. The lowest BCUT2D eigenvalue weighted by Gasteiger charge is -2.26. The molecule has 2 heterocycles. The Balaban J connectivity index is 1.59. The van der Waals surface area contributed by atoms with Gasteiger partial charge in [0.15, 0.2) is 0 Å². The summed E-state index contributed by atoms with van der Waals surface area (Å²) in [7, 11) is 0. The molecule has 3 rings (SSSR count). The molecule has 0 radical (unpaired) electrons. The molecule has 7 heteroatoms. The fraction of sp³-hybridized carbons (Fsp3) is 0.474. The number of amides is 1. The van der Waals surface area contributed by atoms with Gasteiger partial charge in [-0.15, -0.1) is 0 Å². The molecule has 26 heavy (non-hydrogen) atoms. The minimum Gasteiger partial charge on any atom is -0.494 e. The molecule has 140 valence electrons. The lowest BCUT2D eigenvalue weighted by molar-refractivity contribution is 0.0374. The number of ether oxygens (including phenoxy) is 2.